The number of aliphatic hydroxyl groups is 1. The Balaban J connectivity index is 1.51. The zero-order valence-corrected chi connectivity index (χ0v) is 22.5. The predicted molar refractivity (Wildman–Crippen MR) is 148 cm³/mol. The molecule has 0 aliphatic carbocycles. The lowest BCUT2D eigenvalue weighted by Crippen LogP contribution is -2.52. The van der Waals surface area contributed by atoms with Crippen molar-refractivity contribution in [1.29, 1.82) is 0 Å². The fraction of sp³-hybridized carbons (Fsp3) is 0.345. The standard InChI is InChI=1S/C29H31Cl3N2O2/c1-28(21-2-8-24(30)9-3-21,22-4-10-25(31)11-5-22)15-14-27(33-20-35)34-18-16-29(36,17-19-34)23-6-12-26(32)13-7-23/h2-13,20,27,36H,14-19H2,1H3,(H,33,35). The van der Waals surface area contributed by atoms with Gasteiger partial charge in [0.1, 0.15) is 0 Å². The highest BCUT2D eigenvalue weighted by molar-refractivity contribution is 6.31. The maximum absolute atomic E-state index is 11.5. The number of nitrogens with one attached hydrogen (secondary N) is 1. The zero-order chi connectivity index (χ0) is 25.8. The lowest BCUT2D eigenvalue weighted by atomic mass is 9.72. The number of carbonyl (C=O) groups excluding carboxylic acids is 1. The smallest absolute Gasteiger partial charge is 0.208 e. The van der Waals surface area contributed by atoms with E-state index in [0.717, 1.165) is 35.9 Å². The van der Waals surface area contributed by atoms with Crippen molar-refractivity contribution in [2.45, 2.75) is 49.8 Å². The number of hydrogen-bond donors (Lipinski definition) is 2. The number of rotatable bonds is 9. The van der Waals surface area contributed by atoms with Crippen molar-refractivity contribution in [3.8, 4) is 0 Å². The van der Waals surface area contributed by atoms with Crippen molar-refractivity contribution >= 4 is 41.2 Å². The van der Waals surface area contributed by atoms with Gasteiger partial charge in [0.2, 0.25) is 6.41 Å². The molecule has 4 nitrogen and oxygen atoms in total. The van der Waals surface area contributed by atoms with Crippen LogP contribution in [0.2, 0.25) is 15.1 Å². The Bertz CT molecular complexity index is 1100. The second-order valence-electron chi connectivity index (χ2n) is 9.76. The fourth-order valence-corrected chi connectivity index (χ4v) is 5.60. The molecule has 0 saturated carbocycles. The van der Waals surface area contributed by atoms with Gasteiger partial charge in [-0.3, -0.25) is 9.69 Å². The molecule has 2 N–H and O–H groups in total. The number of likely N-dealkylation sites (tertiary alicyclic amines) is 1. The third-order valence-electron chi connectivity index (χ3n) is 7.59. The minimum atomic E-state index is -0.895. The summed E-state index contributed by atoms with van der Waals surface area (Å²) in [6.45, 7) is 3.55. The van der Waals surface area contributed by atoms with Gasteiger partial charge in [0.15, 0.2) is 0 Å². The van der Waals surface area contributed by atoms with E-state index in [4.69, 9.17) is 34.8 Å². The van der Waals surface area contributed by atoms with Crippen LogP contribution < -0.4 is 5.32 Å². The largest absolute Gasteiger partial charge is 0.385 e. The van der Waals surface area contributed by atoms with Crippen molar-refractivity contribution in [2.24, 2.45) is 0 Å². The highest BCUT2D eigenvalue weighted by atomic mass is 35.5. The lowest BCUT2D eigenvalue weighted by Gasteiger charge is -2.42. The second-order valence-corrected chi connectivity index (χ2v) is 11.1. The fourth-order valence-electron chi connectivity index (χ4n) is 5.22. The molecule has 1 heterocycles. The molecular weight excluding hydrogens is 515 g/mol. The summed E-state index contributed by atoms with van der Waals surface area (Å²) < 4.78 is 0. The second kappa shape index (κ2) is 11.5. The molecule has 0 radical (unpaired) electrons. The van der Waals surface area contributed by atoms with E-state index < -0.39 is 5.60 Å². The minimum absolute atomic E-state index is 0.142. The number of piperidine rings is 1. The maximum Gasteiger partial charge on any atom is 0.208 e. The first-order valence-electron chi connectivity index (χ1n) is 12.2. The molecule has 0 spiro atoms. The van der Waals surface area contributed by atoms with Gasteiger partial charge in [0.05, 0.1) is 11.8 Å². The number of benzene rings is 3. The van der Waals surface area contributed by atoms with Crippen LogP contribution in [0.4, 0.5) is 0 Å². The summed E-state index contributed by atoms with van der Waals surface area (Å²) in [5, 5.41) is 16.3. The summed E-state index contributed by atoms with van der Waals surface area (Å²) in [5.41, 5.74) is 1.97. The van der Waals surface area contributed by atoms with Crippen LogP contribution >= 0.6 is 34.8 Å². The molecule has 0 aromatic heterocycles. The van der Waals surface area contributed by atoms with E-state index in [0.29, 0.717) is 41.0 Å². The Morgan fingerprint density at radius 2 is 1.33 bits per heavy atom. The molecule has 1 saturated heterocycles. The van der Waals surface area contributed by atoms with Crippen LogP contribution in [0.25, 0.3) is 0 Å². The molecule has 1 unspecified atom stereocenters. The normalized spacial score (nSPS) is 16.9. The Morgan fingerprint density at radius 3 is 1.78 bits per heavy atom. The summed E-state index contributed by atoms with van der Waals surface area (Å²) in [4.78, 5) is 13.8. The zero-order valence-electron chi connectivity index (χ0n) is 20.3. The molecule has 3 aromatic carbocycles. The van der Waals surface area contributed by atoms with Crippen LogP contribution in [-0.2, 0) is 15.8 Å². The molecule has 1 atom stereocenters. The third-order valence-corrected chi connectivity index (χ3v) is 8.34. The Hall–Kier alpha value is -2.08. The highest BCUT2D eigenvalue weighted by Gasteiger charge is 2.37. The van der Waals surface area contributed by atoms with Crippen LogP contribution in [0.1, 0.15) is 49.3 Å². The third kappa shape index (κ3) is 6.07. The van der Waals surface area contributed by atoms with Gasteiger partial charge in [-0.2, -0.15) is 0 Å². The summed E-state index contributed by atoms with van der Waals surface area (Å²) in [6, 6.07) is 23.3. The molecule has 4 rings (SSSR count). The molecule has 1 fully saturated rings. The van der Waals surface area contributed by atoms with Crippen molar-refractivity contribution in [2.75, 3.05) is 13.1 Å². The molecule has 1 aliphatic rings. The van der Waals surface area contributed by atoms with E-state index in [1.54, 1.807) is 0 Å². The van der Waals surface area contributed by atoms with Gasteiger partial charge < -0.3 is 10.4 Å². The number of nitrogens with zero attached hydrogens (tertiary/aromatic N) is 1. The molecule has 1 aliphatic heterocycles. The SMILES string of the molecule is CC(CCC(NC=O)N1CCC(O)(c2ccc(Cl)cc2)CC1)(c1ccc(Cl)cc1)c1ccc(Cl)cc1. The maximum atomic E-state index is 11.5. The van der Waals surface area contributed by atoms with Gasteiger partial charge in [-0.1, -0.05) is 78.1 Å². The molecule has 0 bridgehead atoms. The molecular formula is C29H31Cl3N2O2. The summed E-state index contributed by atoms with van der Waals surface area (Å²) in [6.07, 6.45) is 3.32. The van der Waals surface area contributed by atoms with E-state index in [1.165, 1.54) is 0 Å². The first kappa shape index (κ1) is 27.0. The van der Waals surface area contributed by atoms with Crippen molar-refractivity contribution in [3.63, 3.8) is 0 Å². The van der Waals surface area contributed by atoms with Crippen LogP contribution in [-0.4, -0.2) is 35.7 Å². The molecule has 1 amide bonds. The van der Waals surface area contributed by atoms with Crippen molar-refractivity contribution < 1.29 is 9.90 Å². The van der Waals surface area contributed by atoms with Gasteiger partial charge in [0.25, 0.3) is 0 Å². The first-order chi connectivity index (χ1) is 17.2. The average molecular weight is 546 g/mol. The topological polar surface area (TPSA) is 52.6 Å². The van der Waals surface area contributed by atoms with Crippen molar-refractivity contribution in [3.05, 3.63) is 105 Å². The quantitative estimate of drug-likeness (QED) is 0.291. The van der Waals surface area contributed by atoms with Gasteiger partial charge in [-0.05, 0) is 78.8 Å². The summed E-state index contributed by atoms with van der Waals surface area (Å²) >= 11 is 18.4. The number of carbonyl (C=O) groups is 1. The van der Waals surface area contributed by atoms with Gasteiger partial charge in [-0.25, -0.2) is 0 Å². The monoisotopic (exact) mass is 544 g/mol. The summed E-state index contributed by atoms with van der Waals surface area (Å²) in [7, 11) is 0. The Labute approximate surface area is 228 Å². The number of halogens is 3. The molecule has 7 heteroatoms. The minimum Gasteiger partial charge on any atom is -0.385 e. The van der Waals surface area contributed by atoms with Crippen LogP contribution in [0.3, 0.4) is 0 Å². The number of amides is 1. The molecule has 190 valence electrons. The van der Waals surface area contributed by atoms with E-state index >= 15 is 0 Å². The average Bonchev–Trinajstić information content (AvgIpc) is 2.88. The summed E-state index contributed by atoms with van der Waals surface area (Å²) in [5.74, 6) is 0. The first-order valence-corrected chi connectivity index (χ1v) is 13.3. The van der Waals surface area contributed by atoms with E-state index in [2.05, 4.69) is 41.4 Å². The number of hydrogen-bond acceptors (Lipinski definition) is 3. The molecule has 36 heavy (non-hydrogen) atoms. The van der Waals surface area contributed by atoms with E-state index in [-0.39, 0.29) is 11.6 Å². The predicted octanol–water partition coefficient (Wildman–Crippen LogP) is 6.79. The van der Waals surface area contributed by atoms with Crippen LogP contribution in [0.5, 0.6) is 0 Å². The van der Waals surface area contributed by atoms with Crippen molar-refractivity contribution in [1.82, 2.24) is 10.2 Å². The molecule has 3 aromatic rings. The Kier molecular flexibility index (Phi) is 8.64. The van der Waals surface area contributed by atoms with Gasteiger partial charge in [-0.15, -0.1) is 0 Å². The van der Waals surface area contributed by atoms with Gasteiger partial charge in [0, 0.05) is 33.6 Å². The van der Waals surface area contributed by atoms with E-state index in [9.17, 15) is 9.90 Å². The van der Waals surface area contributed by atoms with Crippen LogP contribution in [0.15, 0.2) is 72.8 Å². The lowest BCUT2D eigenvalue weighted by molar-refractivity contribution is -0.112. The van der Waals surface area contributed by atoms with E-state index in [1.807, 2.05) is 48.5 Å². The highest BCUT2D eigenvalue weighted by Crippen LogP contribution is 2.39. The van der Waals surface area contributed by atoms with Crippen LogP contribution in [0, 0.1) is 0 Å². The Morgan fingerprint density at radius 1 is 0.889 bits per heavy atom. The van der Waals surface area contributed by atoms with Gasteiger partial charge >= 0.3 is 0 Å².